The van der Waals surface area contributed by atoms with E-state index in [0.29, 0.717) is 37.3 Å². The maximum absolute atomic E-state index is 12.7. The van der Waals surface area contributed by atoms with E-state index in [4.69, 9.17) is 0 Å². The number of carbonyl (C=O) groups is 2. The number of rotatable bonds is 5. The number of hydrogen-bond acceptors (Lipinski definition) is 5. The zero-order chi connectivity index (χ0) is 20.1. The monoisotopic (exact) mass is 446 g/mol. The van der Waals surface area contributed by atoms with Gasteiger partial charge in [0.2, 0.25) is 11.8 Å². The summed E-state index contributed by atoms with van der Waals surface area (Å²) in [5, 5.41) is 13.9. The summed E-state index contributed by atoms with van der Waals surface area (Å²) in [5.74, 6) is -0.281. The number of benzene rings is 1. The van der Waals surface area contributed by atoms with Crippen LogP contribution in [0.1, 0.15) is 18.4 Å². The van der Waals surface area contributed by atoms with E-state index in [9.17, 15) is 19.7 Å². The number of nitro benzene ring substituents is 1. The quantitative estimate of drug-likeness (QED) is 0.560. The van der Waals surface area contributed by atoms with Gasteiger partial charge in [-0.15, -0.1) is 0 Å². The molecule has 28 heavy (non-hydrogen) atoms. The first-order valence-electron chi connectivity index (χ1n) is 8.86. The van der Waals surface area contributed by atoms with Gasteiger partial charge in [0.15, 0.2) is 0 Å². The van der Waals surface area contributed by atoms with Gasteiger partial charge in [-0.1, -0.05) is 18.2 Å². The van der Waals surface area contributed by atoms with Crippen molar-refractivity contribution in [3.8, 4) is 0 Å². The van der Waals surface area contributed by atoms with Crippen LogP contribution in [0.5, 0.6) is 0 Å². The van der Waals surface area contributed by atoms with Gasteiger partial charge < -0.3 is 10.2 Å². The molecule has 1 atom stereocenters. The molecule has 2 amide bonds. The summed E-state index contributed by atoms with van der Waals surface area (Å²) >= 11 is 3.29. The molecule has 1 aliphatic heterocycles. The highest BCUT2D eigenvalue weighted by Crippen LogP contribution is 2.22. The highest BCUT2D eigenvalue weighted by Gasteiger charge is 2.29. The first kappa shape index (κ1) is 19.9. The van der Waals surface area contributed by atoms with Crippen LogP contribution in [0.3, 0.4) is 0 Å². The van der Waals surface area contributed by atoms with Crippen molar-refractivity contribution in [2.45, 2.75) is 19.3 Å². The molecular weight excluding hydrogens is 428 g/mol. The molecule has 8 nitrogen and oxygen atoms in total. The molecule has 0 unspecified atom stereocenters. The van der Waals surface area contributed by atoms with Crippen LogP contribution in [0.2, 0.25) is 0 Å². The minimum Gasteiger partial charge on any atom is -0.342 e. The fourth-order valence-electron chi connectivity index (χ4n) is 3.21. The summed E-state index contributed by atoms with van der Waals surface area (Å²) in [5.41, 5.74) is 0.312. The largest absolute Gasteiger partial charge is 0.342 e. The normalized spacial score (nSPS) is 16.5. The van der Waals surface area contributed by atoms with Gasteiger partial charge in [0.1, 0.15) is 5.82 Å². The Morgan fingerprint density at radius 3 is 2.79 bits per heavy atom. The summed E-state index contributed by atoms with van der Waals surface area (Å²) in [6.07, 6.45) is 2.92. The third-order valence-electron chi connectivity index (χ3n) is 4.65. The van der Waals surface area contributed by atoms with E-state index in [1.54, 1.807) is 41.4 Å². The maximum Gasteiger partial charge on any atom is 0.273 e. The summed E-state index contributed by atoms with van der Waals surface area (Å²) in [4.78, 5) is 41.6. The highest BCUT2D eigenvalue weighted by atomic mass is 79.9. The molecule has 2 heterocycles. The lowest BCUT2D eigenvalue weighted by Crippen LogP contribution is -2.44. The summed E-state index contributed by atoms with van der Waals surface area (Å²) in [6, 6.07) is 9.70. The number of amides is 2. The highest BCUT2D eigenvalue weighted by molar-refractivity contribution is 9.10. The van der Waals surface area contributed by atoms with E-state index in [-0.39, 0.29) is 29.8 Å². The number of pyridine rings is 1. The number of nitrogens with one attached hydrogen (secondary N) is 1. The van der Waals surface area contributed by atoms with E-state index < -0.39 is 4.92 Å². The van der Waals surface area contributed by atoms with Crippen molar-refractivity contribution in [1.29, 1.82) is 0 Å². The van der Waals surface area contributed by atoms with E-state index in [1.165, 1.54) is 6.07 Å². The molecule has 9 heteroatoms. The van der Waals surface area contributed by atoms with Crippen LogP contribution in [0, 0.1) is 16.0 Å². The molecule has 0 spiro atoms. The van der Waals surface area contributed by atoms with E-state index in [0.717, 1.165) is 4.47 Å². The lowest BCUT2D eigenvalue weighted by atomic mass is 9.96. The van der Waals surface area contributed by atoms with Gasteiger partial charge in [0.05, 0.1) is 17.3 Å². The van der Waals surface area contributed by atoms with Gasteiger partial charge in [-0.2, -0.15) is 0 Å². The summed E-state index contributed by atoms with van der Waals surface area (Å²) < 4.78 is 0.815. The Kier molecular flexibility index (Phi) is 6.35. The van der Waals surface area contributed by atoms with Crippen molar-refractivity contribution in [3.63, 3.8) is 0 Å². The van der Waals surface area contributed by atoms with Crippen molar-refractivity contribution in [1.82, 2.24) is 9.88 Å². The van der Waals surface area contributed by atoms with Crippen LogP contribution >= 0.6 is 15.9 Å². The Morgan fingerprint density at radius 1 is 1.29 bits per heavy atom. The van der Waals surface area contributed by atoms with Crippen LogP contribution in [-0.2, 0) is 16.0 Å². The zero-order valence-electron chi connectivity index (χ0n) is 15.0. The number of para-hydroxylation sites is 1. The van der Waals surface area contributed by atoms with Gasteiger partial charge >= 0.3 is 0 Å². The van der Waals surface area contributed by atoms with E-state index in [2.05, 4.69) is 26.2 Å². The Labute approximate surface area is 170 Å². The second-order valence-electron chi connectivity index (χ2n) is 6.59. The van der Waals surface area contributed by atoms with Crippen LogP contribution in [0.4, 0.5) is 11.5 Å². The van der Waals surface area contributed by atoms with Crippen molar-refractivity contribution in [2.24, 2.45) is 5.92 Å². The van der Waals surface area contributed by atoms with Crippen molar-refractivity contribution >= 4 is 39.2 Å². The standard InChI is InChI=1S/C19H19BrN4O4/c20-15-7-8-17(21-11-15)22-19(26)14-5-3-9-23(12-14)18(25)10-13-4-1-2-6-16(13)24(27)28/h1-2,4,6-8,11,14H,3,5,9-10,12H2,(H,21,22,26)/t14-/m0/s1. The Bertz CT molecular complexity index is 888. The number of piperidine rings is 1. The Balaban J connectivity index is 1.62. The number of aromatic nitrogens is 1. The predicted molar refractivity (Wildman–Crippen MR) is 107 cm³/mol. The van der Waals surface area contributed by atoms with Gasteiger partial charge in [-0.3, -0.25) is 19.7 Å². The number of halogens is 1. The molecule has 3 rings (SSSR count). The fourth-order valence-corrected chi connectivity index (χ4v) is 3.44. The fraction of sp³-hybridized carbons (Fsp3) is 0.316. The van der Waals surface area contributed by atoms with Gasteiger partial charge in [0, 0.05) is 35.4 Å². The number of hydrogen-bond donors (Lipinski definition) is 1. The molecule has 2 aromatic rings. The average Bonchev–Trinajstić information content (AvgIpc) is 2.70. The number of carbonyl (C=O) groups excluding carboxylic acids is 2. The molecule has 1 aromatic heterocycles. The van der Waals surface area contributed by atoms with Crippen molar-refractivity contribution < 1.29 is 14.5 Å². The molecule has 1 saturated heterocycles. The first-order chi connectivity index (χ1) is 13.4. The first-order valence-corrected chi connectivity index (χ1v) is 9.66. The van der Waals surface area contributed by atoms with Crippen LogP contribution in [0.15, 0.2) is 47.1 Å². The molecule has 0 saturated carbocycles. The Morgan fingerprint density at radius 2 is 2.07 bits per heavy atom. The van der Waals surface area contributed by atoms with E-state index in [1.807, 2.05) is 0 Å². The SMILES string of the molecule is O=C(Nc1ccc(Br)cn1)[C@H]1CCCN(C(=O)Cc2ccccc2[N+](=O)[O-])C1. The number of anilines is 1. The van der Waals surface area contributed by atoms with Crippen molar-refractivity contribution in [3.05, 3.63) is 62.7 Å². The molecule has 0 radical (unpaired) electrons. The molecule has 0 bridgehead atoms. The molecule has 1 N–H and O–H groups in total. The van der Waals surface area contributed by atoms with Crippen molar-refractivity contribution in [2.75, 3.05) is 18.4 Å². The number of nitrogens with zero attached hydrogens (tertiary/aromatic N) is 3. The van der Waals surface area contributed by atoms with Gasteiger partial charge in [0.25, 0.3) is 5.69 Å². The van der Waals surface area contributed by atoms with Gasteiger partial charge in [-0.25, -0.2) is 4.98 Å². The minimum absolute atomic E-state index is 0.0558. The third kappa shape index (κ3) is 4.92. The predicted octanol–water partition coefficient (Wildman–Crippen LogP) is 3.17. The minimum atomic E-state index is -0.486. The molecule has 0 aliphatic carbocycles. The zero-order valence-corrected chi connectivity index (χ0v) is 16.6. The number of likely N-dealkylation sites (tertiary alicyclic amines) is 1. The summed E-state index contributed by atoms with van der Waals surface area (Å²) in [7, 11) is 0. The molecule has 1 fully saturated rings. The lowest BCUT2D eigenvalue weighted by molar-refractivity contribution is -0.385. The topological polar surface area (TPSA) is 105 Å². The van der Waals surface area contributed by atoms with Crippen LogP contribution in [0.25, 0.3) is 0 Å². The lowest BCUT2D eigenvalue weighted by Gasteiger charge is -2.32. The molecule has 1 aliphatic rings. The maximum atomic E-state index is 12.7. The van der Waals surface area contributed by atoms with E-state index >= 15 is 0 Å². The molecule has 1 aromatic carbocycles. The smallest absolute Gasteiger partial charge is 0.273 e. The number of nitro groups is 1. The second-order valence-corrected chi connectivity index (χ2v) is 7.51. The third-order valence-corrected chi connectivity index (χ3v) is 5.12. The second kappa shape index (κ2) is 8.92. The molecular formula is C19H19BrN4O4. The molecule has 146 valence electrons. The van der Waals surface area contributed by atoms with Crippen LogP contribution in [-0.4, -0.2) is 39.7 Å². The average molecular weight is 447 g/mol. The van der Waals surface area contributed by atoms with Crippen LogP contribution < -0.4 is 5.32 Å². The van der Waals surface area contributed by atoms with Gasteiger partial charge in [-0.05, 0) is 40.9 Å². The Hall–Kier alpha value is -2.81. The summed E-state index contributed by atoms with van der Waals surface area (Å²) in [6.45, 7) is 0.835.